The summed E-state index contributed by atoms with van der Waals surface area (Å²) in [6, 6.07) is 4.33. The Kier molecular flexibility index (Phi) is 4.76. The van der Waals surface area contributed by atoms with Gasteiger partial charge < -0.3 is 5.11 Å². The molecule has 2 rings (SSSR count). The predicted molar refractivity (Wildman–Crippen MR) is 88.8 cm³/mol. The minimum atomic E-state index is -0.398. The van der Waals surface area contributed by atoms with Gasteiger partial charge in [0.15, 0.2) is 0 Å². The number of aliphatic hydroxyl groups is 1. The third-order valence-corrected chi connectivity index (χ3v) is 4.90. The highest BCUT2D eigenvalue weighted by Gasteiger charge is 2.32. The third kappa shape index (κ3) is 3.65. The third-order valence-electron chi connectivity index (χ3n) is 4.90. The minimum Gasteiger partial charge on any atom is -0.387 e. The van der Waals surface area contributed by atoms with Crippen LogP contribution >= 0.6 is 0 Å². The summed E-state index contributed by atoms with van der Waals surface area (Å²) in [4.78, 5) is 4.79. The van der Waals surface area contributed by atoms with Gasteiger partial charge in [-0.05, 0) is 58.4 Å². The fourth-order valence-electron chi connectivity index (χ4n) is 3.55. The molecule has 3 nitrogen and oxygen atoms in total. The fourth-order valence-corrected chi connectivity index (χ4v) is 3.55. The van der Waals surface area contributed by atoms with Crippen LogP contribution in [0.4, 0.5) is 0 Å². The SMILES string of the molecule is Cc1cc(C)c(C(O)CN2CCN(C)C(C)(C)C2)c(C)c1. The summed E-state index contributed by atoms with van der Waals surface area (Å²) in [5.74, 6) is 0. The van der Waals surface area contributed by atoms with Gasteiger partial charge >= 0.3 is 0 Å². The highest BCUT2D eigenvalue weighted by Crippen LogP contribution is 2.26. The molecular formula is C18H30N2O. The zero-order chi connectivity index (χ0) is 15.8. The maximum absolute atomic E-state index is 10.7. The molecule has 1 atom stereocenters. The topological polar surface area (TPSA) is 26.7 Å². The lowest BCUT2D eigenvalue weighted by Gasteiger charge is -2.46. The van der Waals surface area contributed by atoms with Crippen molar-refractivity contribution in [3.05, 3.63) is 34.4 Å². The van der Waals surface area contributed by atoms with Crippen LogP contribution in [0.5, 0.6) is 0 Å². The number of β-amino-alcohol motifs (C(OH)–C–C–N with tert-alkyl or cyclic N) is 1. The molecule has 118 valence electrons. The number of piperazine rings is 1. The van der Waals surface area contributed by atoms with E-state index in [1.54, 1.807) is 0 Å². The molecule has 0 saturated carbocycles. The number of likely N-dealkylation sites (N-methyl/N-ethyl adjacent to an activating group) is 1. The van der Waals surface area contributed by atoms with Gasteiger partial charge in [0.2, 0.25) is 0 Å². The predicted octanol–water partition coefficient (Wildman–Crippen LogP) is 2.67. The van der Waals surface area contributed by atoms with Crippen molar-refractivity contribution in [1.82, 2.24) is 9.80 Å². The Morgan fingerprint density at radius 3 is 2.24 bits per heavy atom. The minimum absolute atomic E-state index is 0.176. The average Bonchev–Trinajstić information content (AvgIpc) is 2.32. The normalized spacial score (nSPS) is 21.5. The van der Waals surface area contributed by atoms with Crippen LogP contribution in [0.3, 0.4) is 0 Å². The number of hydrogen-bond donors (Lipinski definition) is 1. The Balaban J connectivity index is 2.10. The molecule has 0 amide bonds. The van der Waals surface area contributed by atoms with Crippen LogP contribution in [0.2, 0.25) is 0 Å². The first-order valence-corrected chi connectivity index (χ1v) is 7.90. The van der Waals surface area contributed by atoms with Crippen LogP contribution < -0.4 is 0 Å². The van der Waals surface area contributed by atoms with Gasteiger partial charge in [-0.3, -0.25) is 9.80 Å². The van der Waals surface area contributed by atoms with E-state index < -0.39 is 6.10 Å². The number of hydrogen-bond acceptors (Lipinski definition) is 3. The summed E-state index contributed by atoms with van der Waals surface area (Å²) in [6.07, 6.45) is -0.398. The van der Waals surface area contributed by atoms with E-state index in [0.717, 1.165) is 31.7 Å². The molecule has 0 spiro atoms. The van der Waals surface area contributed by atoms with Gasteiger partial charge in [0, 0.05) is 31.7 Å². The fraction of sp³-hybridized carbons (Fsp3) is 0.667. The molecule has 0 radical (unpaired) electrons. The van der Waals surface area contributed by atoms with E-state index in [9.17, 15) is 5.11 Å². The van der Waals surface area contributed by atoms with Crippen LogP contribution in [0.15, 0.2) is 12.1 Å². The quantitative estimate of drug-likeness (QED) is 0.927. The summed E-state index contributed by atoms with van der Waals surface area (Å²) >= 11 is 0. The first-order chi connectivity index (χ1) is 9.70. The first-order valence-electron chi connectivity index (χ1n) is 7.90. The Hall–Kier alpha value is -0.900. The van der Waals surface area contributed by atoms with Crippen molar-refractivity contribution >= 4 is 0 Å². The molecule has 1 saturated heterocycles. The zero-order valence-corrected chi connectivity index (χ0v) is 14.4. The molecule has 1 fully saturated rings. The highest BCUT2D eigenvalue weighted by molar-refractivity contribution is 5.39. The molecule has 3 heteroatoms. The Morgan fingerprint density at radius 2 is 1.71 bits per heavy atom. The lowest BCUT2D eigenvalue weighted by Crippen LogP contribution is -2.58. The summed E-state index contributed by atoms with van der Waals surface area (Å²) in [6.45, 7) is 14.7. The van der Waals surface area contributed by atoms with Crippen molar-refractivity contribution in [3.8, 4) is 0 Å². The molecule has 1 aliphatic heterocycles. The molecule has 1 aromatic rings. The van der Waals surface area contributed by atoms with Gasteiger partial charge in [-0.15, -0.1) is 0 Å². The average molecular weight is 290 g/mol. The van der Waals surface area contributed by atoms with Crippen molar-refractivity contribution in [2.45, 2.75) is 46.3 Å². The van der Waals surface area contributed by atoms with E-state index in [1.807, 2.05) is 0 Å². The second-order valence-corrected chi connectivity index (χ2v) is 7.30. The Labute approximate surface area is 129 Å². The van der Waals surface area contributed by atoms with E-state index in [2.05, 4.69) is 63.6 Å². The summed E-state index contributed by atoms with van der Waals surface area (Å²) in [5, 5.41) is 10.7. The van der Waals surface area contributed by atoms with Gasteiger partial charge in [-0.25, -0.2) is 0 Å². The Bertz CT molecular complexity index is 487. The van der Waals surface area contributed by atoms with Gasteiger partial charge in [-0.2, -0.15) is 0 Å². The maximum atomic E-state index is 10.7. The molecule has 21 heavy (non-hydrogen) atoms. The number of benzene rings is 1. The molecule has 1 aromatic carbocycles. The van der Waals surface area contributed by atoms with Gasteiger partial charge in [0.05, 0.1) is 6.10 Å². The van der Waals surface area contributed by atoms with Gasteiger partial charge in [0.1, 0.15) is 0 Å². The summed E-state index contributed by atoms with van der Waals surface area (Å²) < 4.78 is 0. The molecule has 0 aliphatic carbocycles. The van der Waals surface area contributed by atoms with Gasteiger partial charge in [0.25, 0.3) is 0 Å². The van der Waals surface area contributed by atoms with E-state index >= 15 is 0 Å². The number of aliphatic hydroxyl groups excluding tert-OH is 1. The van der Waals surface area contributed by atoms with Gasteiger partial charge in [-0.1, -0.05) is 17.7 Å². The molecule has 1 unspecified atom stereocenters. The summed E-state index contributed by atoms with van der Waals surface area (Å²) in [5.41, 5.74) is 4.95. The van der Waals surface area contributed by atoms with Crippen molar-refractivity contribution < 1.29 is 5.11 Å². The Morgan fingerprint density at radius 1 is 1.14 bits per heavy atom. The second-order valence-electron chi connectivity index (χ2n) is 7.30. The second kappa shape index (κ2) is 6.07. The summed E-state index contributed by atoms with van der Waals surface area (Å²) in [7, 11) is 2.18. The standard InChI is InChI=1S/C18H30N2O/c1-13-9-14(2)17(15(3)10-13)16(21)11-20-8-7-19(6)18(4,5)12-20/h9-10,16,21H,7-8,11-12H2,1-6H3. The van der Waals surface area contributed by atoms with Crippen LogP contribution in [0.25, 0.3) is 0 Å². The molecule has 1 N–H and O–H groups in total. The van der Waals surface area contributed by atoms with Crippen molar-refractivity contribution in [1.29, 1.82) is 0 Å². The number of nitrogens with zero attached hydrogens (tertiary/aromatic N) is 2. The van der Waals surface area contributed by atoms with Crippen LogP contribution in [-0.4, -0.2) is 53.7 Å². The van der Waals surface area contributed by atoms with Crippen LogP contribution in [0, 0.1) is 20.8 Å². The van der Waals surface area contributed by atoms with Crippen molar-refractivity contribution in [2.75, 3.05) is 33.2 Å². The smallest absolute Gasteiger partial charge is 0.0922 e. The monoisotopic (exact) mass is 290 g/mol. The van der Waals surface area contributed by atoms with E-state index in [0.29, 0.717) is 0 Å². The molecular weight excluding hydrogens is 260 g/mol. The van der Waals surface area contributed by atoms with Crippen molar-refractivity contribution in [3.63, 3.8) is 0 Å². The first kappa shape index (κ1) is 16.5. The molecule has 0 bridgehead atoms. The largest absolute Gasteiger partial charge is 0.387 e. The molecule has 0 aromatic heterocycles. The lowest BCUT2D eigenvalue weighted by molar-refractivity contribution is 0.0139. The maximum Gasteiger partial charge on any atom is 0.0922 e. The van der Waals surface area contributed by atoms with E-state index in [-0.39, 0.29) is 5.54 Å². The molecule has 1 aliphatic rings. The lowest BCUT2D eigenvalue weighted by atomic mass is 9.94. The zero-order valence-electron chi connectivity index (χ0n) is 14.4. The number of rotatable bonds is 3. The van der Waals surface area contributed by atoms with E-state index in [4.69, 9.17) is 0 Å². The van der Waals surface area contributed by atoms with Crippen LogP contribution in [0.1, 0.15) is 42.2 Å². The van der Waals surface area contributed by atoms with Crippen molar-refractivity contribution in [2.24, 2.45) is 0 Å². The molecule has 1 heterocycles. The van der Waals surface area contributed by atoms with E-state index in [1.165, 1.54) is 16.7 Å². The highest BCUT2D eigenvalue weighted by atomic mass is 16.3. The van der Waals surface area contributed by atoms with Crippen LogP contribution in [-0.2, 0) is 0 Å². The number of aryl methyl sites for hydroxylation is 3.